The van der Waals surface area contributed by atoms with Gasteiger partial charge in [-0.05, 0) is 37.6 Å². The van der Waals surface area contributed by atoms with E-state index in [1.54, 1.807) is 4.31 Å². The van der Waals surface area contributed by atoms with Crippen molar-refractivity contribution in [3.8, 4) is 0 Å². The van der Waals surface area contributed by atoms with Gasteiger partial charge in [0, 0.05) is 19.1 Å². The molecule has 1 aliphatic heterocycles. The maximum absolute atomic E-state index is 12.3. The molecule has 1 aliphatic rings. The molecule has 0 bridgehead atoms. The molecular formula is C14H30N2O2S. The van der Waals surface area contributed by atoms with Crippen LogP contribution in [-0.4, -0.2) is 44.2 Å². The van der Waals surface area contributed by atoms with Crippen molar-refractivity contribution in [2.45, 2.75) is 59.4 Å². The molecule has 0 unspecified atom stereocenters. The summed E-state index contributed by atoms with van der Waals surface area (Å²) < 4.78 is 26.3. The molecule has 5 heteroatoms. The Hall–Kier alpha value is -0.130. The Morgan fingerprint density at radius 1 is 1.26 bits per heavy atom. The largest absolute Gasteiger partial charge is 0.314 e. The van der Waals surface area contributed by atoms with E-state index in [-0.39, 0.29) is 11.2 Å². The molecular weight excluding hydrogens is 260 g/mol. The molecule has 0 atom stereocenters. The predicted molar refractivity (Wildman–Crippen MR) is 80.7 cm³/mol. The number of hydrogen-bond donors (Lipinski definition) is 1. The Bertz CT molecular complexity index is 362. The van der Waals surface area contributed by atoms with E-state index in [1.165, 1.54) is 0 Å². The molecule has 0 amide bonds. The third-order valence-corrected chi connectivity index (χ3v) is 6.33. The Labute approximate surface area is 119 Å². The Balaban J connectivity index is 2.46. The summed E-state index contributed by atoms with van der Waals surface area (Å²) in [6.07, 6.45) is 3.86. The molecule has 0 radical (unpaired) electrons. The van der Waals surface area contributed by atoms with Crippen LogP contribution in [0.3, 0.4) is 0 Å². The summed E-state index contributed by atoms with van der Waals surface area (Å²) in [7, 11) is -3.06. The van der Waals surface area contributed by atoms with Gasteiger partial charge in [0.2, 0.25) is 10.0 Å². The summed E-state index contributed by atoms with van der Waals surface area (Å²) in [5.41, 5.74) is 0.225. The van der Waals surface area contributed by atoms with Crippen LogP contribution in [0.15, 0.2) is 0 Å². The summed E-state index contributed by atoms with van der Waals surface area (Å²) in [6, 6.07) is 0.419. The molecule has 0 spiro atoms. The molecule has 0 saturated carbocycles. The second-order valence-corrected chi connectivity index (χ2v) is 8.16. The highest BCUT2D eigenvalue weighted by atomic mass is 32.2. The van der Waals surface area contributed by atoms with Gasteiger partial charge in [-0.1, -0.05) is 27.7 Å². The number of hydrogen-bond acceptors (Lipinski definition) is 3. The van der Waals surface area contributed by atoms with E-state index in [0.717, 1.165) is 32.4 Å². The zero-order chi connectivity index (χ0) is 14.5. The number of rotatable bonds is 8. The van der Waals surface area contributed by atoms with Crippen molar-refractivity contribution >= 4 is 10.0 Å². The van der Waals surface area contributed by atoms with Gasteiger partial charge in [-0.25, -0.2) is 12.7 Å². The monoisotopic (exact) mass is 290 g/mol. The van der Waals surface area contributed by atoms with Crippen LogP contribution in [0.4, 0.5) is 0 Å². The average Bonchev–Trinajstić information content (AvgIpc) is 2.80. The van der Waals surface area contributed by atoms with Crippen molar-refractivity contribution < 1.29 is 8.42 Å². The van der Waals surface area contributed by atoms with E-state index in [4.69, 9.17) is 0 Å². The van der Waals surface area contributed by atoms with Gasteiger partial charge in [0.15, 0.2) is 0 Å². The minimum atomic E-state index is -3.06. The smallest absolute Gasteiger partial charge is 0.214 e. The predicted octanol–water partition coefficient (Wildman–Crippen LogP) is 2.22. The molecule has 0 aliphatic carbocycles. The Morgan fingerprint density at radius 2 is 1.89 bits per heavy atom. The van der Waals surface area contributed by atoms with Crippen LogP contribution in [0.25, 0.3) is 0 Å². The first kappa shape index (κ1) is 16.9. The molecule has 19 heavy (non-hydrogen) atoms. The summed E-state index contributed by atoms with van der Waals surface area (Å²) in [5, 5.41) is 3.26. The molecule has 0 aromatic rings. The van der Waals surface area contributed by atoms with Crippen molar-refractivity contribution in [2.75, 3.05) is 25.4 Å². The van der Waals surface area contributed by atoms with Crippen LogP contribution < -0.4 is 5.32 Å². The van der Waals surface area contributed by atoms with E-state index < -0.39 is 10.0 Å². The second kappa shape index (κ2) is 7.04. The highest BCUT2D eigenvalue weighted by Crippen LogP contribution is 2.38. The van der Waals surface area contributed by atoms with Gasteiger partial charge in [-0.15, -0.1) is 0 Å². The van der Waals surface area contributed by atoms with Gasteiger partial charge in [-0.2, -0.15) is 0 Å². The van der Waals surface area contributed by atoms with Gasteiger partial charge < -0.3 is 5.32 Å². The molecule has 1 saturated heterocycles. The van der Waals surface area contributed by atoms with Crippen molar-refractivity contribution in [1.82, 2.24) is 9.62 Å². The molecule has 0 aromatic heterocycles. The van der Waals surface area contributed by atoms with Crippen molar-refractivity contribution in [2.24, 2.45) is 5.41 Å². The fraction of sp³-hybridized carbons (Fsp3) is 1.00. The molecule has 1 fully saturated rings. The third-order valence-electron chi connectivity index (χ3n) is 4.43. The van der Waals surface area contributed by atoms with Crippen LogP contribution in [0, 0.1) is 5.41 Å². The highest BCUT2D eigenvalue weighted by Gasteiger charge is 2.39. The number of sulfonamides is 1. The lowest BCUT2D eigenvalue weighted by Gasteiger charge is -2.26. The van der Waals surface area contributed by atoms with Gasteiger partial charge in [-0.3, -0.25) is 0 Å². The van der Waals surface area contributed by atoms with Gasteiger partial charge in [0.05, 0.1) is 5.75 Å². The van der Waals surface area contributed by atoms with E-state index in [1.807, 2.05) is 0 Å². The quantitative estimate of drug-likeness (QED) is 0.697. The minimum absolute atomic E-state index is 0.225. The van der Waals surface area contributed by atoms with E-state index >= 15 is 0 Å². The van der Waals surface area contributed by atoms with Crippen LogP contribution in [0.2, 0.25) is 0 Å². The second-order valence-electron chi connectivity index (χ2n) is 6.07. The summed E-state index contributed by atoms with van der Waals surface area (Å²) in [6.45, 7) is 10.7. The molecule has 1 rings (SSSR count). The zero-order valence-corrected chi connectivity index (χ0v) is 13.7. The van der Waals surface area contributed by atoms with Crippen molar-refractivity contribution in [3.63, 3.8) is 0 Å². The normalized spacial score (nSPS) is 20.3. The lowest BCUT2D eigenvalue weighted by Crippen LogP contribution is -2.34. The molecule has 114 valence electrons. The fourth-order valence-corrected chi connectivity index (χ4v) is 4.34. The standard InChI is InChI=1S/C14H30N2O2S/c1-5-14(6-2)8-10-16(12-14)19(17,18)11-7-9-15-13(3)4/h13,15H,5-12H2,1-4H3. The lowest BCUT2D eigenvalue weighted by molar-refractivity contribution is 0.279. The number of nitrogens with zero attached hydrogens (tertiary/aromatic N) is 1. The first-order chi connectivity index (χ1) is 8.85. The molecule has 0 aromatic carbocycles. The Kier molecular flexibility index (Phi) is 6.27. The minimum Gasteiger partial charge on any atom is -0.314 e. The van der Waals surface area contributed by atoms with Crippen molar-refractivity contribution in [1.29, 1.82) is 0 Å². The molecule has 4 nitrogen and oxygen atoms in total. The van der Waals surface area contributed by atoms with Crippen LogP contribution in [0.5, 0.6) is 0 Å². The molecule has 1 heterocycles. The maximum Gasteiger partial charge on any atom is 0.214 e. The first-order valence-electron chi connectivity index (χ1n) is 7.56. The SMILES string of the molecule is CCC1(CC)CCN(S(=O)(=O)CCCNC(C)C)C1. The van der Waals surface area contributed by atoms with E-state index in [2.05, 4.69) is 33.0 Å². The molecule has 1 N–H and O–H groups in total. The summed E-state index contributed by atoms with van der Waals surface area (Å²) in [4.78, 5) is 0. The summed E-state index contributed by atoms with van der Waals surface area (Å²) >= 11 is 0. The average molecular weight is 290 g/mol. The van der Waals surface area contributed by atoms with Crippen LogP contribution >= 0.6 is 0 Å². The third kappa shape index (κ3) is 4.72. The van der Waals surface area contributed by atoms with E-state index in [0.29, 0.717) is 19.0 Å². The maximum atomic E-state index is 12.3. The van der Waals surface area contributed by atoms with Gasteiger partial charge in [0.25, 0.3) is 0 Å². The Morgan fingerprint density at radius 3 is 2.37 bits per heavy atom. The highest BCUT2D eigenvalue weighted by molar-refractivity contribution is 7.89. The van der Waals surface area contributed by atoms with Crippen LogP contribution in [0.1, 0.15) is 53.4 Å². The fourth-order valence-electron chi connectivity index (χ4n) is 2.73. The van der Waals surface area contributed by atoms with E-state index in [9.17, 15) is 8.42 Å². The number of nitrogens with one attached hydrogen (secondary N) is 1. The zero-order valence-electron chi connectivity index (χ0n) is 12.9. The topological polar surface area (TPSA) is 49.4 Å². The van der Waals surface area contributed by atoms with Crippen molar-refractivity contribution in [3.05, 3.63) is 0 Å². The lowest BCUT2D eigenvalue weighted by atomic mass is 9.82. The van der Waals surface area contributed by atoms with Gasteiger partial charge >= 0.3 is 0 Å². The van der Waals surface area contributed by atoms with Gasteiger partial charge in [0.1, 0.15) is 0 Å². The first-order valence-corrected chi connectivity index (χ1v) is 9.17. The summed E-state index contributed by atoms with van der Waals surface area (Å²) in [5.74, 6) is 0.274. The van der Waals surface area contributed by atoms with Crippen LogP contribution in [-0.2, 0) is 10.0 Å².